The standard InChI is InChI=1S/C12H13BrClN3O/c1-18-6-5-17-11(8-13)15-16-12(17)9-3-2-4-10(14)7-9/h2-4,7H,5-6,8H2,1H3. The molecule has 0 aliphatic carbocycles. The van der Waals surface area contributed by atoms with Crippen LogP contribution in [0.2, 0.25) is 5.02 Å². The molecule has 1 heterocycles. The summed E-state index contributed by atoms with van der Waals surface area (Å²) in [6.45, 7) is 1.33. The van der Waals surface area contributed by atoms with Crippen LogP contribution in [-0.2, 0) is 16.6 Å². The number of hydrogen-bond donors (Lipinski definition) is 0. The third-order valence-corrected chi connectivity index (χ3v) is 3.29. The van der Waals surface area contributed by atoms with Gasteiger partial charge in [-0.05, 0) is 12.1 Å². The highest BCUT2D eigenvalue weighted by molar-refractivity contribution is 9.08. The summed E-state index contributed by atoms with van der Waals surface area (Å²) in [6.07, 6.45) is 0. The van der Waals surface area contributed by atoms with Gasteiger partial charge in [0.05, 0.1) is 11.9 Å². The second kappa shape index (κ2) is 6.31. The Hall–Kier alpha value is -0.910. The number of aromatic nitrogens is 3. The predicted molar refractivity (Wildman–Crippen MR) is 75.0 cm³/mol. The minimum Gasteiger partial charge on any atom is -0.383 e. The molecule has 0 saturated heterocycles. The van der Waals surface area contributed by atoms with E-state index in [-0.39, 0.29) is 0 Å². The summed E-state index contributed by atoms with van der Waals surface area (Å²) in [5, 5.41) is 9.73. The maximum Gasteiger partial charge on any atom is 0.164 e. The number of methoxy groups -OCH3 is 1. The number of benzene rings is 1. The third kappa shape index (κ3) is 2.91. The molecule has 0 N–H and O–H groups in total. The molecular weight excluding hydrogens is 318 g/mol. The van der Waals surface area contributed by atoms with Crippen LogP contribution in [0.25, 0.3) is 11.4 Å². The highest BCUT2D eigenvalue weighted by Gasteiger charge is 2.12. The van der Waals surface area contributed by atoms with E-state index < -0.39 is 0 Å². The molecule has 96 valence electrons. The molecule has 0 bridgehead atoms. The summed E-state index contributed by atoms with van der Waals surface area (Å²) in [7, 11) is 1.68. The molecule has 0 atom stereocenters. The van der Waals surface area contributed by atoms with Crippen LogP contribution in [0.3, 0.4) is 0 Å². The van der Waals surface area contributed by atoms with E-state index in [1.54, 1.807) is 7.11 Å². The normalized spacial score (nSPS) is 10.8. The summed E-state index contributed by atoms with van der Waals surface area (Å²) in [6, 6.07) is 7.59. The Balaban J connectivity index is 2.40. The Morgan fingerprint density at radius 2 is 2.22 bits per heavy atom. The van der Waals surface area contributed by atoms with Gasteiger partial charge in [-0.1, -0.05) is 39.7 Å². The molecule has 2 aromatic rings. The second-order valence-electron chi connectivity index (χ2n) is 3.73. The molecule has 0 fully saturated rings. The summed E-state index contributed by atoms with van der Waals surface area (Å²) in [5.74, 6) is 1.69. The number of nitrogens with zero attached hydrogens (tertiary/aromatic N) is 3. The molecule has 0 aliphatic heterocycles. The van der Waals surface area contributed by atoms with Crippen LogP contribution in [0, 0.1) is 0 Å². The van der Waals surface area contributed by atoms with Crippen LogP contribution < -0.4 is 0 Å². The number of alkyl halides is 1. The van der Waals surface area contributed by atoms with E-state index >= 15 is 0 Å². The first-order valence-electron chi connectivity index (χ1n) is 5.49. The van der Waals surface area contributed by atoms with Crippen molar-refractivity contribution in [2.24, 2.45) is 0 Å². The molecular formula is C12H13BrClN3O. The van der Waals surface area contributed by atoms with E-state index in [0.717, 1.165) is 17.2 Å². The lowest BCUT2D eigenvalue weighted by Gasteiger charge is -2.08. The number of halogens is 2. The predicted octanol–water partition coefficient (Wildman–Crippen LogP) is 3.14. The van der Waals surface area contributed by atoms with E-state index in [1.807, 2.05) is 28.8 Å². The lowest BCUT2D eigenvalue weighted by molar-refractivity contribution is 0.187. The van der Waals surface area contributed by atoms with E-state index in [2.05, 4.69) is 26.1 Å². The Labute approximate surface area is 119 Å². The summed E-state index contributed by atoms with van der Waals surface area (Å²) >= 11 is 9.41. The van der Waals surface area contributed by atoms with E-state index in [1.165, 1.54) is 0 Å². The van der Waals surface area contributed by atoms with Gasteiger partial charge in [0, 0.05) is 24.2 Å². The van der Waals surface area contributed by atoms with Gasteiger partial charge < -0.3 is 9.30 Å². The summed E-state index contributed by atoms with van der Waals surface area (Å²) in [4.78, 5) is 0. The first-order valence-corrected chi connectivity index (χ1v) is 6.99. The molecule has 18 heavy (non-hydrogen) atoms. The van der Waals surface area contributed by atoms with Crippen LogP contribution in [0.1, 0.15) is 5.82 Å². The van der Waals surface area contributed by atoms with Crippen molar-refractivity contribution >= 4 is 27.5 Å². The molecule has 0 saturated carbocycles. The van der Waals surface area contributed by atoms with Crippen molar-refractivity contribution in [3.05, 3.63) is 35.1 Å². The van der Waals surface area contributed by atoms with Crippen molar-refractivity contribution in [2.75, 3.05) is 13.7 Å². The highest BCUT2D eigenvalue weighted by atomic mass is 79.9. The maximum absolute atomic E-state index is 6.00. The zero-order chi connectivity index (χ0) is 13.0. The quantitative estimate of drug-likeness (QED) is 0.791. The third-order valence-electron chi connectivity index (χ3n) is 2.55. The van der Waals surface area contributed by atoms with Crippen molar-refractivity contribution in [3.8, 4) is 11.4 Å². The van der Waals surface area contributed by atoms with Crippen LogP contribution in [0.5, 0.6) is 0 Å². The van der Waals surface area contributed by atoms with E-state index in [9.17, 15) is 0 Å². The molecule has 0 unspecified atom stereocenters. The van der Waals surface area contributed by atoms with Gasteiger partial charge in [0.25, 0.3) is 0 Å². The minimum atomic E-state index is 0.617. The van der Waals surface area contributed by atoms with Crippen molar-refractivity contribution in [1.29, 1.82) is 0 Å². The molecule has 4 nitrogen and oxygen atoms in total. The van der Waals surface area contributed by atoms with Crippen molar-refractivity contribution in [1.82, 2.24) is 14.8 Å². The highest BCUT2D eigenvalue weighted by Crippen LogP contribution is 2.22. The lowest BCUT2D eigenvalue weighted by Crippen LogP contribution is -2.09. The summed E-state index contributed by atoms with van der Waals surface area (Å²) in [5.41, 5.74) is 0.957. The van der Waals surface area contributed by atoms with Gasteiger partial charge in [-0.2, -0.15) is 0 Å². The van der Waals surface area contributed by atoms with Crippen LogP contribution in [0.15, 0.2) is 24.3 Å². The molecule has 0 radical (unpaired) electrons. The molecule has 0 spiro atoms. The fourth-order valence-electron chi connectivity index (χ4n) is 1.69. The van der Waals surface area contributed by atoms with E-state index in [0.29, 0.717) is 23.5 Å². The lowest BCUT2D eigenvalue weighted by atomic mass is 10.2. The first kappa shape index (κ1) is 13.5. The van der Waals surface area contributed by atoms with Gasteiger partial charge in [-0.25, -0.2) is 0 Å². The molecule has 6 heteroatoms. The fraction of sp³-hybridized carbons (Fsp3) is 0.333. The van der Waals surface area contributed by atoms with Gasteiger partial charge in [0.1, 0.15) is 5.82 Å². The fourth-order valence-corrected chi connectivity index (χ4v) is 2.30. The zero-order valence-corrected chi connectivity index (χ0v) is 12.3. The van der Waals surface area contributed by atoms with Gasteiger partial charge in [-0.15, -0.1) is 10.2 Å². The average Bonchev–Trinajstić information content (AvgIpc) is 2.79. The van der Waals surface area contributed by atoms with Gasteiger partial charge in [0.15, 0.2) is 5.82 Å². The van der Waals surface area contributed by atoms with Gasteiger partial charge in [-0.3, -0.25) is 0 Å². The van der Waals surface area contributed by atoms with Crippen LogP contribution >= 0.6 is 27.5 Å². The number of ether oxygens (including phenoxy) is 1. The largest absolute Gasteiger partial charge is 0.383 e. The number of rotatable bonds is 5. The van der Waals surface area contributed by atoms with Crippen molar-refractivity contribution < 1.29 is 4.74 Å². The number of hydrogen-bond acceptors (Lipinski definition) is 3. The molecule has 0 aliphatic rings. The Bertz CT molecular complexity index is 530. The molecule has 2 rings (SSSR count). The monoisotopic (exact) mass is 329 g/mol. The first-order chi connectivity index (χ1) is 8.76. The maximum atomic E-state index is 6.00. The molecule has 1 aromatic heterocycles. The topological polar surface area (TPSA) is 39.9 Å². The zero-order valence-electron chi connectivity index (χ0n) is 9.94. The van der Waals surface area contributed by atoms with Gasteiger partial charge >= 0.3 is 0 Å². The van der Waals surface area contributed by atoms with Crippen molar-refractivity contribution in [3.63, 3.8) is 0 Å². The smallest absolute Gasteiger partial charge is 0.164 e. The Morgan fingerprint density at radius 1 is 1.39 bits per heavy atom. The molecule has 1 aromatic carbocycles. The Kier molecular flexibility index (Phi) is 4.74. The average molecular weight is 331 g/mol. The van der Waals surface area contributed by atoms with Crippen LogP contribution in [-0.4, -0.2) is 28.5 Å². The van der Waals surface area contributed by atoms with Crippen LogP contribution in [0.4, 0.5) is 0 Å². The molecule has 0 amide bonds. The summed E-state index contributed by atoms with van der Waals surface area (Å²) < 4.78 is 7.14. The van der Waals surface area contributed by atoms with Crippen molar-refractivity contribution in [2.45, 2.75) is 11.9 Å². The SMILES string of the molecule is COCCn1c(CBr)nnc1-c1cccc(Cl)c1. The van der Waals surface area contributed by atoms with Gasteiger partial charge in [0.2, 0.25) is 0 Å². The minimum absolute atomic E-state index is 0.617. The Morgan fingerprint density at radius 3 is 2.89 bits per heavy atom. The second-order valence-corrected chi connectivity index (χ2v) is 4.73. The van der Waals surface area contributed by atoms with E-state index in [4.69, 9.17) is 16.3 Å².